The largest absolute Gasteiger partial charge is 0.417 e. The third-order valence-corrected chi connectivity index (χ3v) is 4.25. The Kier molecular flexibility index (Phi) is 2.87. The van der Waals surface area contributed by atoms with E-state index in [1.807, 2.05) is 0 Å². The van der Waals surface area contributed by atoms with Gasteiger partial charge >= 0.3 is 5.76 Å². The molecule has 1 aromatic heterocycles. The van der Waals surface area contributed by atoms with E-state index in [4.69, 9.17) is 4.42 Å². The summed E-state index contributed by atoms with van der Waals surface area (Å²) in [7, 11) is 0. The minimum atomic E-state index is -0.801. The van der Waals surface area contributed by atoms with Crippen molar-refractivity contribution in [2.24, 2.45) is 0 Å². The topological polar surface area (TPSA) is 75.1 Å². The zero-order chi connectivity index (χ0) is 16.0. The van der Waals surface area contributed by atoms with E-state index < -0.39 is 11.2 Å². The molecule has 1 heterocycles. The van der Waals surface area contributed by atoms with E-state index in [0.717, 1.165) is 0 Å². The number of H-pyrrole nitrogens is 1. The van der Waals surface area contributed by atoms with Gasteiger partial charge in [-0.15, -0.1) is 0 Å². The van der Waals surface area contributed by atoms with Crippen LogP contribution in [0.5, 0.6) is 0 Å². The third kappa shape index (κ3) is 2.23. The van der Waals surface area contributed by atoms with Crippen molar-refractivity contribution in [3.05, 3.63) is 64.4 Å². The van der Waals surface area contributed by atoms with Gasteiger partial charge in [0.25, 0.3) is 0 Å². The van der Waals surface area contributed by atoms with Crippen molar-refractivity contribution in [3.63, 3.8) is 0 Å². The lowest BCUT2D eigenvalue weighted by Gasteiger charge is -2.16. The Morgan fingerprint density at radius 3 is 2.74 bits per heavy atom. The third-order valence-electron chi connectivity index (χ3n) is 4.25. The fourth-order valence-electron chi connectivity index (χ4n) is 2.87. The lowest BCUT2D eigenvalue weighted by molar-refractivity contribution is -0.118. The number of aromatic amines is 1. The van der Waals surface area contributed by atoms with Gasteiger partial charge in [0.05, 0.1) is 10.9 Å². The molecule has 23 heavy (non-hydrogen) atoms. The van der Waals surface area contributed by atoms with Crippen LogP contribution in [0.2, 0.25) is 0 Å². The number of benzene rings is 2. The molecule has 1 saturated carbocycles. The van der Waals surface area contributed by atoms with Gasteiger partial charge in [0.2, 0.25) is 5.91 Å². The van der Waals surface area contributed by atoms with Crippen LogP contribution in [0.4, 0.5) is 10.1 Å². The summed E-state index contributed by atoms with van der Waals surface area (Å²) in [6.07, 6.45) is 1.23. The van der Waals surface area contributed by atoms with Crippen molar-refractivity contribution in [1.82, 2.24) is 4.98 Å². The maximum atomic E-state index is 14.0. The second kappa shape index (κ2) is 4.81. The first-order valence-corrected chi connectivity index (χ1v) is 7.28. The molecule has 1 aliphatic rings. The van der Waals surface area contributed by atoms with E-state index in [-0.39, 0.29) is 11.7 Å². The molecule has 0 radical (unpaired) electrons. The zero-order valence-electron chi connectivity index (χ0n) is 12.1. The molecule has 5 nitrogen and oxygen atoms in total. The number of hydrogen-bond acceptors (Lipinski definition) is 3. The minimum absolute atomic E-state index is 0.243. The summed E-state index contributed by atoms with van der Waals surface area (Å²) in [6, 6.07) is 11.2. The summed E-state index contributed by atoms with van der Waals surface area (Å²) in [6.45, 7) is 0. The van der Waals surface area contributed by atoms with Crippen LogP contribution in [0.3, 0.4) is 0 Å². The molecule has 6 heteroatoms. The molecule has 4 rings (SSSR count). The number of carbonyl (C=O) groups is 1. The number of oxazole rings is 1. The lowest BCUT2D eigenvalue weighted by Crippen LogP contribution is -2.28. The summed E-state index contributed by atoms with van der Waals surface area (Å²) in [5.41, 5.74) is 1.08. The lowest BCUT2D eigenvalue weighted by atomic mass is 9.94. The van der Waals surface area contributed by atoms with E-state index in [9.17, 15) is 14.0 Å². The van der Waals surface area contributed by atoms with Gasteiger partial charge in [0.1, 0.15) is 5.82 Å². The molecule has 1 aliphatic carbocycles. The van der Waals surface area contributed by atoms with E-state index in [2.05, 4.69) is 10.3 Å². The summed E-state index contributed by atoms with van der Waals surface area (Å²) >= 11 is 0. The Morgan fingerprint density at radius 2 is 2.00 bits per heavy atom. The average Bonchev–Trinajstić information content (AvgIpc) is 3.24. The number of anilines is 1. The maximum Gasteiger partial charge on any atom is 0.417 e. The second-order valence-corrected chi connectivity index (χ2v) is 5.74. The molecule has 116 valence electrons. The molecule has 1 fully saturated rings. The van der Waals surface area contributed by atoms with Crippen LogP contribution >= 0.6 is 0 Å². The van der Waals surface area contributed by atoms with Crippen LogP contribution in [-0.2, 0) is 10.2 Å². The highest BCUT2D eigenvalue weighted by Gasteiger charge is 2.52. The number of rotatable bonds is 3. The number of nitrogens with one attached hydrogen (secondary N) is 2. The molecular formula is C17H13FN2O3. The number of fused-ring (bicyclic) bond motifs is 1. The number of carbonyl (C=O) groups excluding carboxylic acids is 1. The van der Waals surface area contributed by atoms with E-state index >= 15 is 0 Å². The monoisotopic (exact) mass is 312 g/mol. The van der Waals surface area contributed by atoms with Gasteiger partial charge in [-0.1, -0.05) is 18.2 Å². The van der Waals surface area contributed by atoms with Crippen molar-refractivity contribution >= 4 is 22.7 Å². The van der Waals surface area contributed by atoms with Crippen LogP contribution in [0.25, 0.3) is 11.1 Å². The Hall–Kier alpha value is -2.89. The van der Waals surface area contributed by atoms with Crippen LogP contribution in [0.15, 0.2) is 51.7 Å². The Labute approximate surface area is 130 Å². The first-order chi connectivity index (χ1) is 11.1. The quantitative estimate of drug-likeness (QED) is 0.781. The summed E-state index contributed by atoms with van der Waals surface area (Å²) in [4.78, 5) is 26.3. The maximum absolute atomic E-state index is 14.0. The summed E-state index contributed by atoms with van der Waals surface area (Å²) in [5.74, 6) is -1.16. The van der Waals surface area contributed by atoms with Crippen molar-refractivity contribution in [1.29, 1.82) is 0 Å². The van der Waals surface area contributed by atoms with Crippen molar-refractivity contribution < 1.29 is 13.6 Å². The summed E-state index contributed by atoms with van der Waals surface area (Å²) < 4.78 is 18.9. The van der Waals surface area contributed by atoms with Crippen LogP contribution in [0, 0.1) is 5.82 Å². The molecule has 0 atom stereocenters. The first kappa shape index (κ1) is 13.8. The van der Waals surface area contributed by atoms with Crippen LogP contribution < -0.4 is 11.1 Å². The predicted molar refractivity (Wildman–Crippen MR) is 82.8 cm³/mol. The fourth-order valence-corrected chi connectivity index (χ4v) is 2.87. The standard InChI is InChI=1S/C17H13FN2O3/c18-12-4-2-1-3-11(12)17(7-8-17)15(21)19-10-5-6-14-13(9-10)20-16(22)23-14/h1-6,9H,7-8H2,(H,19,21)(H,20,22). The Balaban J connectivity index is 1.64. The molecule has 2 aromatic carbocycles. The van der Waals surface area contributed by atoms with Gasteiger partial charge in [0, 0.05) is 11.3 Å². The molecule has 2 N–H and O–H groups in total. The molecule has 0 saturated heterocycles. The van der Waals surface area contributed by atoms with Crippen LogP contribution in [-0.4, -0.2) is 10.9 Å². The molecule has 0 spiro atoms. The van der Waals surface area contributed by atoms with E-state index in [1.54, 1.807) is 36.4 Å². The van der Waals surface area contributed by atoms with E-state index in [1.165, 1.54) is 6.07 Å². The minimum Gasteiger partial charge on any atom is -0.408 e. The van der Waals surface area contributed by atoms with Gasteiger partial charge in [-0.3, -0.25) is 9.78 Å². The van der Waals surface area contributed by atoms with E-state index in [0.29, 0.717) is 35.2 Å². The highest BCUT2D eigenvalue weighted by molar-refractivity contribution is 6.02. The highest BCUT2D eigenvalue weighted by Crippen LogP contribution is 2.49. The molecule has 0 unspecified atom stereocenters. The first-order valence-electron chi connectivity index (χ1n) is 7.28. The van der Waals surface area contributed by atoms with Gasteiger partial charge in [-0.25, -0.2) is 9.18 Å². The van der Waals surface area contributed by atoms with Crippen LogP contribution in [0.1, 0.15) is 18.4 Å². The number of amides is 1. The molecule has 3 aromatic rings. The summed E-state index contributed by atoms with van der Waals surface area (Å²) in [5, 5.41) is 2.80. The second-order valence-electron chi connectivity index (χ2n) is 5.74. The smallest absolute Gasteiger partial charge is 0.408 e. The fraction of sp³-hybridized carbons (Fsp3) is 0.176. The Morgan fingerprint density at radius 1 is 1.22 bits per heavy atom. The van der Waals surface area contributed by atoms with Gasteiger partial charge in [0.15, 0.2) is 5.58 Å². The van der Waals surface area contributed by atoms with Crippen molar-refractivity contribution in [3.8, 4) is 0 Å². The number of hydrogen-bond donors (Lipinski definition) is 2. The SMILES string of the molecule is O=C(Nc1ccc2oc(=O)[nH]c2c1)C1(c2ccccc2F)CC1. The van der Waals surface area contributed by atoms with Crippen molar-refractivity contribution in [2.45, 2.75) is 18.3 Å². The number of halogens is 1. The molecule has 1 amide bonds. The predicted octanol–water partition coefficient (Wildman–Crippen LogP) is 2.93. The number of aromatic nitrogens is 1. The zero-order valence-corrected chi connectivity index (χ0v) is 12.1. The average molecular weight is 312 g/mol. The highest BCUT2D eigenvalue weighted by atomic mass is 19.1. The normalized spacial score (nSPS) is 15.5. The van der Waals surface area contributed by atoms with Crippen molar-refractivity contribution in [2.75, 3.05) is 5.32 Å². The van der Waals surface area contributed by atoms with Gasteiger partial charge < -0.3 is 9.73 Å². The molecular weight excluding hydrogens is 299 g/mol. The van der Waals surface area contributed by atoms with Gasteiger partial charge in [-0.2, -0.15) is 0 Å². The molecule has 0 aliphatic heterocycles. The molecule has 0 bridgehead atoms. The Bertz CT molecular complexity index is 969. The van der Waals surface area contributed by atoms with Gasteiger partial charge in [-0.05, 0) is 37.1 Å².